The number of thiocarbonyl (C=S) groups is 1. The largest absolute Gasteiger partial charge is 0.292 e. The van der Waals surface area contributed by atoms with Gasteiger partial charge in [0.05, 0.1) is 5.16 Å². The van der Waals surface area contributed by atoms with Gasteiger partial charge in [-0.2, -0.15) is 4.76 Å². The topological polar surface area (TPSA) is 29.4 Å². The lowest BCUT2D eigenvalue weighted by Crippen LogP contribution is -2.21. The summed E-state index contributed by atoms with van der Waals surface area (Å²) in [6, 6.07) is 9.24. The molecule has 0 aliphatic heterocycles. The van der Waals surface area contributed by atoms with Crippen LogP contribution in [0.4, 0.5) is 0 Å². The van der Waals surface area contributed by atoms with E-state index in [-0.39, 0.29) is 0 Å². The maximum absolute atomic E-state index is 12.7. The molecular formula is C11H14NOPS. The van der Waals surface area contributed by atoms with Crippen molar-refractivity contribution in [3.05, 3.63) is 30.3 Å². The van der Waals surface area contributed by atoms with E-state index in [9.17, 15) is 4.57 Å². The standard InChI is InChI=1S/C11H14NOPS/c1-11(2,3)14(13,12-9-15)10-7-5-4-6-8-10/h4-8H,1-3H3. The zero-order valence-corrected chi connectivity index (χ0v) is 10.8. The van der Waals surface area contributed by atoms with Gasteiger partial charge >= 0.3 is 0 Å². The minimum atomic E-state index is -2.85. The first-order chi connectivity index (χ1) is 6.92. The van der Waals surface area contributed by atoms with E-state index in [0.717, 1.165) is 5.30 Å². The molecule has 0 N–H and O–H groups in total. The molecule has 0 aliphatic carbocycles. The first-order valence-electron chi connectivity index (χ1n) is 4.67. The van der Waals surface area contributed by atoms with Crippen LogP contribution in [0.2, 0.25) is 0 Å². The molecule has 15 heavy (non-hydrogen) atoms. The van der Waals surface area contributed by atoms with E-state index in [1.165, 1.54) is 0 Å². The summed E-state index contributed by atoms with van der Waals surface area (Å²) in [6.07, 6.45) is 0. The van der Waals surface area contributed by atoms with Crippen LogP contribution in [-0.2, 0) is 4.57 Å². The Balaban J connectivity index is 3.39. The predicted octanol–water partition coefficient (Wildman–Crippen LogP) is 3.49. The molecule has 1 unspecified atom stereocenters. The van der Waals surface area contributed by atoms with Crippen LogP contribution >= 0.6 is 19.5 Å². The van der Waals surface area contributed by atoms with E-state index < -0.39 is 12.4 Å². The number of hydrogen-bond acceptors (Lipinski definition) is 2. The highest BCUT2D eigenvalue weighted by atomic mass is 32.1. The molecule has 80 valence electrons. The molecular weight excluding hydrogens is 225 g/mol. The lowest BCUT2D eigenvalue weighted by molar-refractivity contribution is 0.558. The van der Waals surface area contributed by atoms with Gasteiger partial charge in [-0.25, -0.2) is 0 Å². The fraction of sp³-hybridized carbons (Fsp3) is 0.364. The fourth-order valence-electron chi connectivity index (χ4n) is 1.28. The van der Waals surface area contributed by atoms with Crippen LogP contribution in [0.5, 0.6) is 0 Å². The van der Waals surface area contributed by atoms with Crippen LogP contribution in [0.3, 0.4) is 0 Å². The van der Waals surface area contributed by atoms with Gasteiger partial charge in [0, 0.05) is 10.5 Å². The van der Waals surface area contributed by atoms with Gasteiger partial charge < -0.3 is 0 Å². The average molecular weight is 239 g/mol. The highest BCUT2D eigenvalue weighted by molar-refractivity contribution is 7.79. The number of rotatable bonds is 2. The Bertz CT molecular complexity index is 430. The van der Waals surface area contributed by atoms with Crippen molar-refractivity contribution >= 4 is 30.0 Å². The van der Waals surface area contributed by atoms with E-state index in [0.29, 0.717) is 0 Å². The summed E-state index contributed by atoms with van der Waals surface area (Å²) in [7, 11) is -2.85. The molecule has 1 aromatic rings. The lowest BCUT2D eigenvalue weighted by Gasteiger charge is -2.26. The third-order valence-corrected chi connectivity index (χ3v) is 5.62. The first-order valence-corrected chi connectivity index (χ1v) is 6.74. The highest BCUT2D eigenvalue weighted by Crippen LogP contribution is 2.57. The lowest BCUT2D eigenvalue weighted by atomic mass is 10.3. The van der Waals surface area contributed by atoms with Crippen molar-refractivity contribution in [2.75, 3.05) is 0 Å². The van der Waals surface area contributed by atoms with Gasteiger partial charge in [0.2, 0.25) is 7.29 Å². The summed E-state index contributed by atoms with van der Waals surface area (Å²) < 4.78 is 16.7. The number of nitrogens with zero attached hydrogens (tertiary/aromatic N) is 1. The summed E-state index contributed by atoms with van der Waals surface area (Å²) in [5.41, 5.74) is 0. The molecule has 0 amide bonds. The fourth-order valence-corrected chi connectivity index (χ4v) is 3.51. The van der Waals surface area contributed by atoms with Gasteiger partial charge in [0.1, 0.15) is 0 Å². The van der Waals surface area contributed by atoms with Crippen LogP contribution in [0, 0.1) is 0 Å². The van der Waals surface area contributed by atoms with Crippen molar-refractivity contribution in [2.45, 2.75) is 25.9 Å². The normalized spacial score (nSPS) is 15.1. The molecule has 1 atom stereocenters. The van der Waals surface area contributed by atoms with Crippen molar-refractivity contribution in [2.24, 2.45) is 4.76 Å². The summed E-state index contributed by atoms with van der Waals surface area (Å²) in [5, 5.41) is 2.56. The minimum Gasteiger partial charge on any atom is -0.292 e. The van der Waals surface area contributed by atoms with Gasteiger partial charge in [-0.3, -0.25) is 4.57 Å². The zero-order valence-electron chi connectivity index (χ0n) is 9.10. The van der Waals surface area contributed by atoms with Gasteiger partial charge in [0.25, 0.3) is 0 Å². The second kappa shape index (κ2) is 4.40. The molecule has 0 aromatic heterocycles. The van der Waals surface area contributed by atoms with Crippen LogP contribution < -0.4 is 5.30 Å². The molecule has 0 saturated carbocycles. The molecule has 0 heterocycles. The Morgan fingerprint density at radius 2 is 1.80 bits per heavy atom. The quantitative estimate of drug-likeness (QED) is 0.449. The van der Waals surface area contributed by atoms with Crippen molar-refractivity contribution in [1.29, 1.82) is 0 Å². The van der Waals surface area contributed by atoms with Crippen LogP contribution in [0.1, 0.15) is 20.8 Å². The van der Waals surface area contributed by atoms with Crippen molar-refractivity contribution < 1.29 is 4.57 Å². The Labute approximate surface area is 95.9 Å². The third-order valence-electron chi connectivity index (χ3n) is 2.20. The molecule has 0 fully saturated rings. The second-order valence-corrected chi connectivity index (χ2v) is 7.67. The number of isothiocyanates is 1. The van der Waals surface area contributed by atoms with E-state index in [1.807, 2.05) is 51.1 Å². The van der Waals surface area contributed by atoms with Crippen LogP contribution in [0.15, 0.2) is 35.1 Å². The molecule has 0 saturated heterocycles. The first kappa shape index (κ1) is 12.3. The van der Waals surface area contributed by atoms with Crippen molar-refractivity contribution in [3.8, 4) is 0 Å². The Morgan fingerprint density at radius 3 is 2.20 bits per heavy atom. The molecule has 0 bridgehead atoms. The predicted molar refractivity (Wildman–Crippen MR) is 68.5 cm³/mol. The molecule has 1 rings (SSSR count). The summed E-state index contributed by atoms with van der Waals surface area (Å²) in [4.78, 5) is 0. The van der Waals surface area contributed by atoms with E-state index in [4.69, 9.17) is 0 Å². The van der Waals surface area contributed by atoms with E-state index in [1.54, 1.807) is 0 Å². The second-order valence-electron chi connectivity index (χ2n) is 4.27. The molecule has 2 nitrogen and oxygen atoms in total. The molecule has 0 radical (unpaired) electrons. The smallest absolute Gasteiger partial charge is 0.232 e. The van der Waals surface area contributed by atoms with Crippen LogP contribution in [-0.4, -0.2) is 10.3 Å². The van der Waals surface area contributed by atoms with Gasteiger partial charge in [-0.1, -0.05) is 39.0 Å². The maximum Gasteiger partial charge on any atom is 0.232 e. The molecule has 0 aliphatic rings. The van der Waals surface area contributed by atoms with Gasteiger partial charge in [-0.15, -0.1) is 0 Å². The van der Waals surface area contributed by atoms with E-state index >= 15 is 0 Å². The highest BCUT2D eigenvalue weighted by Gasteiger charge is 2.37. The van der Waals surface area contributed by atoms with Gasteiger partial charge in [0.15, 0.2) is 0 Å². The Hall–Kier alpha value is -0.750. The van der Waals surface area contributed by atoms with Gasteiger partial charge in [-0.05, 0) is 24.4 Å². The SMILES string of the molecule is CC(C)(C)P(=O)(N=C=S)c1ccccc1. The van der Waals surface area contributed by atoms with Crippen molar-refractivity contribution in [3.63, 3.8) is 0 Å². The summed E-state index contributed by atoms with van der Waals surface area (Å²) >= 11 is 4.58. The summed E-state index contributed by atoms with van der Waals surface area (Å²) in [6.45, 7) is 5.70. The summed E-state index contributed by atoms with van der Waals surface area (Å²) in [5.74, 6) is 0. The average Bonchev–Trinajstić information content (AvgIpc) is 2.18. The van der Waals surface area contributed by atoms with E-state index in [2.05, 4.69) is 22.1 Å². The Kier molecular flexibility index (Phi) is 3.62. The zero-order chi connectivity index (χ0) is 11.5. The minimum absolute atomic E-state index is 0.430. The van der Waals surface area contributed by atoms with Crippen LogP contribution in [0.25, 0.3) is 0 Å². The Morgan fingerprint density at radius 1 is 1.27 bits per heavy atom. The third kappa shape index (κ3) is 2.43. The monoisotopic (exact) mass is 239 g/mol. The molecule has 0 spiro atoms. The maximum atomic E-state index is 12.7. The van der Waals surface area contributed by atoms with Crippen molar-refractivity contribution in [1.82, 2.24) is 0 Å². The number of benzene rings is 1. The number of hydrogen-bond donors (Lipinski definition) is 0. The molecule has 1 aromatic carbocycles. The molecule has 4 heteroatoms.